The summed E-state index contributed by atoms with van der Waals surface area (Å²) in [5, 5.41) is 12.8. The maximum absolute atomic E-state index is 12.3. The van der Waals surface area contributed by atoms with Gasteiger partial charge < -0.3 is 26.7 Å². The minimum Gasteiger partial charge on any atom is -0.548 e. The first-order valence-electron chi connectivity index (χ1n) is 6.46. The van der Waals surface area contributed by atoms with Crippen molar-refractivity contribution in [2.45, 2.75) is 0 Å². The Kier molecular flexibility index (Phi) is 6.89. The third-order valence-electron chi connectivity index (χ3n) is 2.89. The fraction of sp³-hybridized carbons (Fsp3) is 0.0667. The van der Waals surface area contributed by atoms with Gasteiger partial charge in [-0.1, -0.05) is 0 Å². The van der Waals surface area contributed by atoms with Crippen LogP contribution in [0.25, 0.3) is 0 Å². The van der Waals surface area contributed by atoms with Crippen molar-refractivity contribution >= 4 is 34.7 Å². The van der Waals surface area contributed by atoms with Crippen LogP contribution in [0.5, 0.6) is 0 Å². The molecule has 0 spiro atoms. The smallest absolute Gasteiger partial charge is 0.548 e. The summed E-state index contributed by atoms with van der Waals surface area (Å²) in [6, 6.07) is 12.6. The summed E-state index contributed by atoms with van der Waals surface area (Å²) in [5.74, 6) is -1.37. The fourth-order valence-electron chi connectivity index (χ4n) is 1.86. The van der Waals surface area contributed by atoms with Crippen molar-refractivity contribution in [3.05, 3.63) is 48.5 Å². The van der Waals surface area contributed by atoms with E-state index in [0.717, 1.165) is 0 Å². The van der Waals surface area contributed by atoms with Gasteiger partial charge in [0.15, 0.2) is 0 Å². The van der Waals surface area contributed by atoms with Crippen molar-refractivity contribution < 1.29 is 44.3 Å². The largest absolute Gasteiger partial charge is 1.00 e. The molecule has 8 heteroatoms. The van der Waals surface area contributed by atoms with E-state index in [9.17, 15) is 14.7 Å². The number of anilines is 4. The zero-order valence-corrected chi connectivity index (χ0v) is 14.7. The third-order valence-corrected chi connectivity index (χ3v) is 2.89. The number of carbonyl (C=O) groups excluding carboxylic acids is 2. The zero-order chi connectivity index (χ0) is 16.1. The normalized spacial score (nSPS) is 9.57. The molecule has 0 aliphatic heterocycles. The molecule has 0 aromatic heterocycles. The molecule has 0 radical (unpaired) electrons. The average molecular weight is 322 g/mol. The van der Waals surface area contributed by atoms with Crippen LogP contribution < -0.4 is 56.3 Å². The van der Waals surface area contributed by atoms with Crippen LogP contribution in [0.1, 0.15) is 0 Å². The molecule has 0 saturated carbocycles. The molecule has 7 nitrogen and oxygen atoms in total. The maximum atomic E-state index is 12.3. The number of urea groups is 1. The molecular weight excluding hydrogens is 307 g/mol. The fourth-order valence-corrected chi connectivity index (χ4v) is 1.86. The Morgan fingerprint density at radius 1 is 0.913 bits per heavy atom. The number of benzene rings is 2. The number of hydrogen-bond acceptors (Lipinski definition) is 5. The van der Waals surface area contributed by atoms with E-state index in [0.29, 0.717) is 22.7 Å². The third kappa shape index (κ3) is 5.17. The van der Waals surface area contributed by atoms with Crippen molar-refractivity contribution in [3.8, 4) is 0 Å². The van der Waals surface area contributed by atoms with Crippen molar-refractivity contribution in [1.82, 2.24) is 5.32 Å². The Labute approximate surface area is 155 Å². The van der Waals surface area contributed by atoms with E-state index < -0.39 is 18.5 Å². The number of nitrogens with one attached hydrogen (secondary N) is 1. The quantitative estimate of drug-likeness (QED) is 0.422. The molecule has 0 aliphatic rings. The molecule has 2 aromatic rings. The van der Waals surface area contributed by atoms with Gasteiger partial charge in [-0.2, -0.15) is 0 Å². The van der Waals surface area contributed by atoms with E-state index >= 15 is 0 Å². The van der Waals surface area contributed by atoms with Crippen LogP contribution >= 0.6 is 0 Å². The molecule has 0 unspecified atom stereocenters. The molecule has 5 N–H and O–H groups in total. The average Bonchev–Trinajstić information content (AvgIpc) is 2.49. The Hall–Kier alpha value is -2.22. The first-order valence-corrected chi connectivity index (χ1v) is 6.46. The predicted molar refractivity (Wildman–Crippen MR) is 82.3 cm³/mol. The summed E-state index contributed by atoms with van der Waals surface area (Å²) in [5.41, 5.74) is 13.5. The van der Waals surface area contributed by atoms with Gasteiger partial charge in [0.2, 0.25) is 0 Å². The van der Waals surface area contributed by atoms with Gasteiger partial charge in [-0.3, -0.25) is 4.90 Å². The molecule has 0 aliphatic carbocycles. The van der Waals surface area contributed by atoms with Gasteiger partial charge in [0, 0.05) is 11.4 Å². The zero-order valence-electron chi connectivity index (χ0n) is 12.7. The first kappa shape index (κ1) is 18.8. The number of hydrogen-bond donors (Lipinski definition) is 3. The number of amides is 2. The molecule has 2 rings (SSSR count). The Morgan fingerprint density at radius 3 is 1.65 bits per heavy atom. The summed E-state index contributed by atoms with van der Waals surface area (Å²) in [7, 11) is 0. The number of aliphatic carboxylic acids is 1. The van der Waals surface area contributed by atoms with E-state index in [4.69, 9.17) is 11.5 Å². The molecule has 2 aromatic carbocycles. The van der Waals surface area contributed by atoms with Crippen LogP contribution in [0.4, 0.5) is 27.5 Å². The Balaban J connectivity index is 0.00000264. The standard InChI is InChI=1S/C15H16N4O3.Na/c16-10-1-5-12(6-2-10)19(15(22)18-9-14(20)21)13-7-3-11(17)4-8-13;/h1-8H,9,16-17H2,(H,18,22)(H,20,21);/q;+1/p-1. The van der Waals surface area contributed by atoms with Crippen molar-refractivity contribution in [3.63, 3.8) is 0 Å². The molecule has 2 amide bonds. The van der Waals surface area contributed by atoms with Gasteiger partial charge in [-0.25, -0.2) is 4.79 Å². The van der Waals surface area contributed by atoms with Crippen LogP contribution in [0.2, 0.25) is 0 Å². The van der Waals surface area contributed by atoms with Gasteiger partial charge in [0.05, 0.1) is 23.9 Å². The topological polar surface area (TPSA) is 125 Å². The van der Waals surface area contributed by atoms with Gasteiger partial charge in [0.1, 0.15) is 0 Å². The molecule has 0 heterocycles. The molecule has 0 atom stereocenters. The molecule has 114 valence electrons. The van der Waals surface area contributed by atoms with E-state index in [-0.39, 0.29) is 29.6 Å². The maximum Gasteiger partial charge on any atom is 1.00 e. The van der Waals surface area contributed by atoms with Crippen molar-refractivity contribution in [2.75, 3.05) is 22.9 Å². The Morgan fingerprint density at radius 2 is 1.30 bits per heavy atom. The number of carbonyl (C=O) groups is 2. The summed E-state index contributed by atoms with van der Waals surface area (Å²) in [6.45, 7) is -0.584. The van der Waals surface area contributed by atoms with Crippen LogP contribution in [0, 0.1) is 0 Å². The van der Waals surface area contributed by atoms with E-state index in [1.54, 1.807) is 48.5 Å². The molecule has 0 bridgehead atoms. The van der Waals surface area contributed by atoms with Crippen LogP contribution in [-0.4, -0.2) is 18.5 Å². The van der Waals surface area contributed by atoms with Gasteiger partial charge >= 0.3 is 35.6 Å². The number of carboxylic acids is 1. The molecular formula is C15H15N4NaO3. The molecule has 0 saturated heterocycles. The van der Waals surface area contributed by atoms with Gasteiger partial charge in [-0.05, 0) is 48.5 Å². The van der Waals surface area contributed by atoms with Crippen molar-refractivity contribution in [1.29, 1.82) is 0 Å². The SMILES string of the molecule is Nc1ccc(N(C(=O)NCC(=O)[O-])c2ccc(N)cc2)cc1.[Na+]. The van der Waals surface area contributed by atoms with E-state index in [2.05, 4.69) is 5.32 Å². The minimum absolute atomic E-state index is 0. The molecule has 23 heavy (non-hydrogen) atoms. The minimum atomic E-state index is -1.37. The van der Waals surface area contributed by atoms with Gasteiger partial charge in [0.25, 0.3) is 0 Å². The second-order valence-electron chi connectivity index (χ2n) is 4.55. The van der Waals surface area contributed by atoms with E-state index in [1.807, 2.05) is 0 Å². The number of nitrogens with two attached hydrogens (primary N) is 2. The second kappa shape index (κ2) is 8.42. The number of nitrogen functional groups attached to an aromatic ring is 2. The van der Waals surface area contributed by atoms with Crippen LogP contribution in [0.15, 0.2) is 48.5 Å². The monoisotopic (exact) mass is 322 g/mol. The second-order valence-corrected chi connectivity index (χ2v) is 4.55. The van der Waals surface area contributed by atoms with Crippen LogP contribution in [-0.2, 0) is 4.79 Å². The molecule has 0 fully saturated rings. The number of carboxylic acid groups (broad SMARTS) is 1. The summed E-state index contributed by atoms with van der Waals surface area (Å²) >= 11 is 0. The summed E-state index contributed by atoms with van der Waals surface area (Å²) < 4.78 is 0. The number of nitrogens with zero attached hydrogens (tertiary/aromatic N) is 1. The Bertz CT molecular complexity index is 629. The summed E-state index contributed by atoms with van der Waals surface area (Å²) in [6.07, 6.45) is 0. The first-order chi connectivity index (χ1) is 10.5. The summed E-state index contributed by atoms with van der Waals surface area (Å²) in [4.78, 5) is 24.1. The van der Waals surface area contributed by atoms with Gasteiger partial charge in [-0.15, -0.1) is 0 Å². The van der Waals surface area contributed by atoms with E-state index in [1.165, 1.54) is 4.90 Å². The predicted octanol–water partition coefficient (Wildman–Crippen LogP) is -2.55. The van der Waals surface area contributed by atoms with Crippen molar-refractivity contribution in [2.24, 2.45) is 0 Å². The number of rotatable bonds is 4. The van der Waals surface area contributed by atoms with Crippen LogP contribution in [0.3, 0.4) is 0 Å².